The van der Waals surface area contributed by atoms with E-state index in [0.717, 1.165) is 64.0 Å². The predicted molar refractivity (Wildman–Crippen MR) is 100 cm³/mol. The fourth-order valence-corrected chi connectivity index (χ4v) is 4.23. The van der Waals surface area contributed by atoms with Crippen LogP contribution in [0.1, 0.15) is 41.6 Å². The zero-order valence-corrected chi connectivity index (χ0v) is 15.8. The lowest BCUT2D eigenvalue weighted by atomic mass is 9.93. The van der Waals surface area contributed by atoms with E-state index in [1.165, 1.54) is 7.11 Å². The standard InChI is InChI=1S/C20H28N2O5/c1-27-18-3-2-14(12-17(18)20(25)26)13-21-8-6-16(7-9-21)22-10-4-15(5-11-22)19(23)24/h2-3,12,15-16H,4-11,13H2,1H3,(H,23,24)(H,25,26). The number of piperidine rings is 2. The van der Waals surface area contributed by atoms with Gasteiger partial charge in [0.2, 0.25) is 0 Å². The van der Waals surface area contributed by atoms with Gasteiger partial charge in [-0.25, -0.2) is 4.79 Å². The maximum Gasteiger partial charge on any atom is 0.339 e. The largest absolute Gasteiger partial charge is 0.496 e. The number of methoxy groups -OCH3 is 1. The molecule has 2 aliphatic heterocycles. The van der Waals surface area contributed by atoms with E-state index in [4.69, 9.17) is 9.84 Å². The van der Waals surface area contributed by atoms with Gasteiger partial charge < -0.3 is 19.8 Å². The van der Waals surface area contributed by atoms with Crippen LogP contribution >= 0.6 is 0 Å². The summed E-state index contributed by atoms with van der Waals surface area (Å²) in [6, 6.07) is 5.87. The second-order valence-corrected chi connectivity index (χ2v) is 7.50. The maximum absolute atomic E-state index is 11.4. The van der Waals surface area contributed by atoms with Crippen molar-refractivity contribution in [2.45, 2.75) is 38.3 Å². The summed E-state index contributed by atoms with van der Waals surface area (Å²) in [6.45, 7) is 4.43. The average molecular weight is 376 g/mol. The molecule has 0 radical (unpaired) electrons. The second-order valence-electron chi connectivity index (χ2n) is 7.50. The highest BCUT2D eigenvalue weighted by molar-refractivity contribution is 5.91. The number of hydrogen-bond donors (Lipinski definition) is 2. The minimum atomic E-state index is -0.975. The molecule has 2 saturated heterocycles. The van der Waals surface area contributed by atoms with Gasteiger partial charge >= 0.3 is 11.9 Å². The van der Waals surface area contributed by atoms with Crippen LogP contribution in [-0.4, -0.2) is 71.3 Å². The molecule has 2 N–H and O–H groups in total. The van der Waals surface area contributed by atoms with Gasteiger partial charge in [-0.2, -0.15) is 0 Å². The summed E-state index contributed by atoms with van der Waals surface area (Å²) in [5.41, 5.74) is 1.18. The fourth-order valence-electron chi connectivity index (χ4n) is 4.23. The number of rotatable bonds is 6. The quantitative estimate of drug-likeness (QED) is 0.786. The Morgan fingerprint density at radius 3 is 2.30 bits per heavy atom. The monoisotopic (exact) mass is 376 g/mol. The van der Waals surface area contributed by atoms with Crippen LogP contribution in [0.25, 0.3) is 0 Å². The third kappa shape index (κ3) is 4.78. The number of benzene rings is 1. The first kappa shape index (κ1) is 19.6. The molecular weight excluding hydrogens is 348 g/mol. The first-order chi connectivity index (χ1) is 13.0. The van der Waals surface area contributed by atoms with Crippen molar-refractivity contribution in [3.8, 4) is 5.75 Å². The van der Waals surface area contributed by atoms with Gasteiger partial charge in [0.1, 0.15) is 11.3 Å². The molecule has 1 aromatic rings. The van der Waals surface area contributed by atoms with Gasteiger partial charge in [0.05, 0.1) is 13.0 Å². The Labute approximate surface area is 159 Å². The van der Waals surface area contributed by atoms with Crippen molar-refractivity contribution in [2.75, 3.05) is 33.3 Å². The van der Waals surface area contributed by atoms with Crippen LogP contribution in [0.2, 0.25) is 0 Å². The first-order valence-electron chi connectivity index (χ1n) is 9.57. The molecular formula is C20H28N2O5. The number of likely N-dealkylation sites (tertiary alicyclic amines) is 2. The highest BCUT2D eigenvalue weighted by Crippen LogP contribution is 2.26. The second kappa shape index (κ2) is 8.71. The van der Waals surface area contributed by atoms with Crippen molar-refractivity contribution < 1.29 is 24.5 Å². The zero-order valence-electron chi connectivity index (χ0n) is 15.8. The van der Waals surface area contributed by atoms with Crippen molar-refractivity contribution in [1.82, 2.24) is 9.80 Å². The number of aromatic carboxylic acids is 1. The molecule has 0 aliphatic carbocycles. The molecule has 0 spiro atoms. The molecule has 2 aliphatic rings. The molecule has 148 valence electrons. The molecule has 7 heteroatoms. The Hall–Kier alpha value is -2.12. The van der Waals surface area contributed by atoms with Gasteiger partial charge in [0, 0.05) is 12.6 Å². The molecule has 0 amide bonds. The molecule has 2 fully saturated rings. The molecule has 7 nitrogen and oxygen atoms in total. The Morgan fingerprint density at radius 2 is 1.74 bits per heavy atom. The van der Waals surface area contributed by atoms with Crippen molar-refractivity contribution in [1.29, 1.82) is 0 Å². The summed E-state index contributed by atoms with van der Waals surface area (Å²) in [5.74, 6) is -1.43. The minimum absolute atomic E-state index is 0.181. The van der Waals surface area contributed by atoms with Crippen molar-refractivity contribution >= 4 is 11.9 Å². The van der Waals surface area contributed by atoms with E-state index >= 15 is 0 Å². The Bertz CT molecular complexity index is 677. The van der Waals surface area contributed by atoms with Crippen LogP contribution in [-0.2, 0) is 11.3 Å². The van der Waals surface area contributed by atoms with E-state index in [2.05, 4.69) is 9.80 Å². The summed E-state index contributed by atoms with van der Waals surface area (Å²) < 4.78 is 5.12. The molecule has 1 aromatic carbocycles. The summed E-state index contributed by atoms with van der Waals surface area (Å²) in [4.78, 5) is 27.3. The molecule has 27 heavy (non-hydrogen) atoms. The van der Waals surface area contributed by atoms with Crippen molar-refractivity contribution in [3.63, 3.8) is 0 Å². The summed E-state index contributed by atoms with van der Waals surface area (Å²) in [7, 11) is 1.48. The molecule has 0 saturated carbocycles. The van der Waals surface area contributed by atoms with Gasteiger partial charge in [-0.05, 0) is 69.6 Å². The van der Waals surface area contributed by atoms with Gasteiger partial charge in [0.25, 0.3) is 0 Å². The van der Waals surface area contributed by atoms with Crippen molar-refractivity contribution in [3.05, 3.63) is 29.3 Å². The van der Waals surface area contributed by atoms with E-state index in [1.807, 2.05) is 6.07 Å². The van der Waals surface area contributed by atoms with Crippen LogP contribution in [0.5, 0.6) is 5.75 Å². The first-order valence-corrected chi connectivity index (χ1v) is 9.57. The molecule has 0 unspecified atom stereocenters. The summed E-state index contributed by atoms with van der Waals surface area (Å²) >= 11 is 0. The van der Waals surface area contributed by atoms with Gasteiger partial charge in [-0.1, -0.05) is 6.07 Å². The number of hydrogen-bond acceptors (Lipinski definition) is 5. The van der Waals surface area contributed by atoms with E-state index in [1.54, 1.807) is 12.1 Å². The maximum atomic E-state index is 11.4. The topological polar surface area (TPSA) is 90.3 Å². The van der Waals surface area contributed by atoms with Crippen LogP contribution in [0, 0.1) is 5.92 Å². The number of carbonyl (C=O) groups is 2. The van der Waals surface area contributed by atoms with Gasteiger partial charge in [-0.15, -0.1) is 0 Å². The van der Waals surface area contributed by atoms with Crippen LogP contribution in [0.3, 0.4) is 0 Å². The smallest absolute Gasteiger partial charge is 0.339 e. The summed E-state index contributed by atoms with van der Waals surface area (Å²) in [5, 5.41) is 18.4. The predicted octanol–water partition coefficient (Wildman–Crippen LogP) is 2.15. The molecule has 0 bridgehead atoms. The highest BCUT2D eigenvalue weighted by atomic mass is 16.5. The molecule has 2 heterocycles. The van der Waals surface area contributed by atoms with E-state index < -0.39 is 11.9 Å². The molecule has 0 aromatic heterocycles. The lowest BCUT2D eigenvalue weighted by molar-refractivity contribution is -0.143. The molecule has 0 atom stereocenters. The average Bonchev–Trinajstić information content (AvgIpc) is 2.68. The Morgan fingerprint density at radius 1 is 1.07 bits per heavy atom. The molecule has 3 rings (SSSR count). The van der Waals surface area contributed by atoms with Gasteiger partial charge in [-0.3, -0.25) is 9.69 Å². The normalized spacial score (nSPS) is 20.5. The number of carboxylic acids is 2. The van der Waals surface area contributed by atoms with E-state index in [0.29, 0.717) is 11.8 Å². The van der Waals surface area contributed by atoms with E-state index in [9.17, 15) is 14.7 Å². The number of carboxylic acid groups (broad SMARTS) is 2. The van der Waals surface area contributed by atoms with Gasteiger partial charge in [0.15, 0.2) is 0 Å². The van der Waals surface area contributed by atoms with Crippen LogP contribution < -0.4 is 4.74 Å². The number of aliphatic carboxylic acids is 1. The van der Waals surface area contributed by atoms with Crippen molar-refractivity contribution in [2.24, 2.45) is 5.92 Å². The Balaban J connectivity index is 1.51. The zero-order chi connectivity index (χ0) is 19.4. The third-order valence-corrected chi connectivity index (χ3v) is 5.85. The fraction of sp³-hybridized carbons (Fsp3) is 0.600. The highest BCUT2D eigenvalue weighted by Gasteiger charge is 2.30. The number of nitrogens with zero attached hydrogens (tertiary/aromatic N) is 2. The SMILES string of the molecule is COc1ccc(CN2CCC(N3CCC(C(=O)O)CC3)CC2)cc1C(=O)O. The van der Waals surface area contributed by atoms with Crippen LogP contribution in [0.15, 0.2) is 18.2 Å². The van der Waals surface area contributed by atoms with Crippen LogP contribution in [0.4, 0.5) is 0 Å². The minimum Gasteiger partial charge on any atom is -0.496 e. The lowest BCUT2D eigenvalue weighted by Gasteiger charge is -2.41. The lowest BCUT2D eigenvalue weighted by Crippen LogP contribution is -2.48. The number of ether oxygens (including phenoxy) is 1. The van der Waals surface area contributed by atoms with E-state index in [-0.39, 0.29) is 11.5 Å². The Kier molecular flexibility index (Phi) is 6.34. The summed E-state index contributed by atoms with van der Waals surface area (Å²) in [6.07, 6.45) is 3.64. The third-order valence-electron chi connectivity index (χ3n) is 5.85.